The maximum Gasteiger partial charge on any atom is 0.266 e. The zero-order chi connectivity index (χ0) is 22.4. The standard InChI is InChI=1S/C23H15Br2ClN2O3/c24-20-10-15(8-16(12-27)23(30)28-18-4-6-19(29)7-5-18)11-21(25)22(20)31-13-14-2-1-3-17(26)9-14/h1-11,29H,13H2,(H,28,30)/b16-8+. The van der Waals surface area contributed by atoms with E-state index in [-0.39, 0.29) is 11.3 Å². The largest absolute Gasteiger partial charge is 0.508 e. The van der Waals surface area contributed by atoms with Gasteiger partial charge in [0, 0.05) is 10.7 Å². The van der Waals surface area contributed by atoms with Crippen LogP contribution in [0.3, 0.4) is 0 Å². The molecule has 1 amide bonds. The quantitative estimate of drug-likeness (QED) is 0.199. The lowest BCUT2D eigenvalue weighted by Crippen LogP contribution is -2.13. The Morgan fingerprint density at radius 2 is 1.81 bits per heavy atom. The van der Waals surface area contributed by atoms with Gasteiger partial charge in [0.1, 0.15) is 29.7 Å². The summed E-state index contributed by atoms with van der Waals surface area (Å²) in [4.78, 5) is 12.4. The molecule has 5 nitrogen and oxygen atoms in total. The zero-order valence-corrected chi connectivity index (χ0v) is 19.8. The average Bonchev–Trinajstić information content (AvgIpc) is 2.73. The van der Waals surface area contributed by atoms with Crippen molar-refractivity contribution >= 4 is 61.1 Å². The number of nitrogens with zero attached hydrogens (tertiary/aromatic N) is 1. The molecule has 0 saturated heterocycles. The molecule has 3 aromatic rings. The maximum absolute atomic E-state index is 12.4. The smallest absolute Gasteiger partial charge is 0.266 e. The van der Waals surface area contributed by atoms with E-state index in [1.165, 1.54) is 18.2 Å². The first-order valence-electron chi connectivity index (χ1n) is 8.94. The van der Waals surface area contributed by atoms with Gasteiger partial charge in [-0.05, 0) is 97.6 Å². The van der Waals surface area contributed by atoms with Gasteiger partial charge in [0.05, 0.1) is 8.95 Å². The van der Waals surface area contributed by atoms with Gasteiger partial charge >= 0.3 is 0 Å². The number of carbonyl (C=O) groups is 1. The number of carbonyl (C=O) groups excluding carboxylic acids is 1. The van der Waals surface area contributed by atoms with Crippen molar-refractivity contribution in [3.8, 4) is 17.6 Å². The Balaban J connectivity index is 1.76. The second kappa shape index (κ2) is 10.5. The Morgan fingerprint density at radius 1 is 1.13 bits per heavy atom. The van der Waals surface area contributed by atoms with E-state index in [0.29, 0.717) is 37.6 Å². The van der Waals surface area contributed by atoms with Crippen LogP contribution in [0.5, 0.6) is 11.5 Å². The summed E-state index contributed by atoms with van der Waals surface area (Å²) in [5.41, 5.74) is 1.95. The molecule has 3 aromatic carbocycles. The Labute approximate surface area is 201 Å². The van der Waals surface area contributed by atoms with Gasteiger partial charge in [-0.2, -0.15) is 5.26 Å². The predicted octanol–water partition coefficient (Wildman–Crippen LogP) is 6.70. The highest BCUT2D eigenvalue weighted by Gasteiger charge is 2.13. The summed E-state index contributed by atoms with van der Waals surface area (Å²) in [6.07, 6.45) is 1.48. The number of phenolic OH excluding ortho intramolecular Hbond substituents is 1. The Bertz CT molecular complexity index is 1170. The van der Waals surface area contributed by atoms with E-state index in [1.807, 2.05) is 24.3 Å². The van der Waals surface area contributed by atoms with Crippen molar-refractivity contribution < 1.29 is 14.6 Å². The normalized spacial score (nSPS) is 11.0. The second-order valence-electron chi connectivity index (χ2n) is 6.40. The van der Waals surface area contributed by atoms with Crippen LogP contribution >= 0.6 is 43.5 Å². The molecule has 0 unspecified atom stereocenters. The molecule has 8 heteroatoms. The molecule has 0 bridgehead atoms. The number of ether oxygens (including phenoxy) is 1. The van der Waals surface area contributed by atoms with Crippen LogP contribution in [0.2, 0.25) is 5.02 Å². The van der Waals surface area contributed by atoms with Crippen LogP contribution < -0.4 is 10.1 Å². The van der Waals surface area contributed by atoms with Crippen molar-refractivity contribution in [1.29, 1.82) is 5.26 Å². The lowest BCUT2D eigenvalue weighted by atomic mass is 10.1. The lowest BCUT2D eigenvalue weighted by molar-refractivity contribution is -0.112. The topological polar surface area (TPSA) is 82.3 Å². The molecular weight excluding hydrogens is 548 g/mol. The number of aromatic hydroxyl groups is 1. The molecular formula is C23H15Br2ClN2O3. The zero-order valence-electron chi connectivity index (χ0n) is 15.9. The fourth-order valence-corrected chi connectivity index (χ4v) is 4.31. The summed E-state index contributed by atoms with van der Waals surface area (Å²) >= 11 is 13.0. The van der Waals surface area contributed by atoms with E-state index in [9.17, 15) is 15.2 Å². The minimum Gasteiger partial charge on any atom is -0.508 e. The number of phenols is 1. The van der Waals surface area contributed by atoms with Gasteiger partial charge in [-0.15, -0.1) is 0 Å². The van der Waals surface area contributed by atoms with Crippen LogP contribution in [0.15, 0.2) is 75.2 Å². The van der Waals surface area contributed by atoms with Gasteiger partial charge in [0.15, 0.2) is 0 Å². The van der Waals surface area contributed by atoms with Crippen molar-refractivity contribution in [2.24, 2.45) is 0 Å². The fourth-order valence-electron chi connectivity index (χ4n) is 2.64. The highest BCUT2D eigenvalue weighted by molar-refractivity contribution is 9.11. The highest BCUT2D eigenvalue weighted by Crippen LogP contribution is 2.36. The molecule has 156 valence electrons. The van der Waals surface area contributed by atoms with Crippen LogP contribution in [0.25, 0.3) is 6.08 Å². The summed E-state index contributed by atoms with van der Waals surface area (Å²) in [5, 5.41) is 22.0. The molecule has 0 fully saturated rings. The number of hydrogen-bond acceptors (Lipinski definition) is 4. The van der Waals surface area contributed by atoms with E-state index in [1.54, 1.807) is 30.3 Å². The summed E-state index contributed by atoms with van der Waals surface area (Å²) in [6.45, 7) is 0.325. The fraction of sp³-hybridized carbons (Fsp3) is 0.0435. The molecule has 0 saturated carbocycles. The van der Waals surface area contributed by atoms with E-state index in [4.69, 9.17) is 16.3 Å². The summed E-state index contributed by atoms with van der Waals surface area (Å²) in [6, 6.07) is 18.8. The molecule has 0 spiro atoms. The minimum absolute atomic E-state index is 0.0699. The Morgan fingerprint density at radius 3 is 2.42 bits per heavy atom. The number of nitriles is 1. The third-order valence-corrected chi connectivity index (χ3v) is 5.51. The van der Waals surface area contributed by atoms with Crippen LogP contribution in [0.4, 0.5) is 5.69 Å². The van der Waals surface area contributed by atoms with Crippen molar-refractivity contribution in [1.82, 2.24) is 0 Å². The number of nitrogens with one attached hydrogen (secondary N) is 1. The minimum atomic E-state index is -0.554. The maximum atomic E-state index is 12.4. The molecule has 0 aromatic heterocycles. The number of hydrogen-bond donors (Lipinski definition) is 2. The lowest BCUT2D eigenvalue weighted by Gasteiger charge is -2.12. The van der Waals surface area contributed by atoms with E-state index < -0.39 is 5.91 Å². The third kappa shape index (κ3) is 6.34. The molecule has 3 rings (SSSR count). The van der Waals surface area contributed by atoms with Gasteiger partial charge in [0.2, 0.25) is 0 Å². The average molecular weight is 563 g/mol. The van der Waals surface area contributed by atoms with Crippen molar-refractivity contribution in [3.05, 3.63) is 91.3 Å². The number of rotatable bonds is 6. The Hall–Kier alpha value is -2.79. The summed E-state index contributed by atoms with van der Waals surface area (Å²) < 4.78 is 7.21. The van der Waals surface area contributed by atoms with Gasteiger partial charge in [-0.25, -0.2) is 0 Å². The molecule has 2 N–H and O–H groups in total. The van der Waals surface area contributed by atoms with Gasteiger partial charge in [-0.3, -0.25) is 4.79 Å². The van der Waals surface area contributed by atoms with E-state index in [2.05, 4.69) is 37.2 Å². The molecule has 0 aliphatic heterocycles. The monoisotopic (exact) mass is 560 g/mol. The Kier molecular flexibility index (Phi) is 7.75. The van der Waals surface area contributed by atoms with Crippen LogP contribution in [-0.4, -0.2) is 11.0 Å². The van der Waals surface area contributed by atoms with Crippen LogP contribution in [-0.2, 0) is 11.4 Å². The first-order chi connectivity index (χ1) is 14.9. The number of benzene rings is 3. The van der Waals surface area contributed by atoms with Gasteiger partial charge in [0.25, 0.3) is 5.91 Å². The van der Waals surface area contributed by atoms with E-state index >= 15 is 0 Å². The van der Waals surface area contributed by atoms with Gasteiger partial charge < -0.3 is 15.2 Å². The third-order valence-electron chi connectivity index (χ3n) is 4.09. The van der Waals surface area contributed by atoms with Crippen molar-refractivity contribution in [2.45, 2.75) is 6.61 Å². The SMILES string of the molecule is N#C/C(=C\c1cc(Br)c(OCc2cccc(Cl)c2)c(Br)c1)C(=O)Nc1ccc(O)cc1. The van der Waals surface area contributed by atoms with E-state index in [0.717, 1.165) is 5.56 Å². The molecule has 0 aliphatic carbocycles. The molecule has 0 aliphatic rings. The molecule has 0 radical (unpaired) electrons. The molecule has 0 heterocycles. The molecule has 0 atom stereocenters. The van der Waals surface area contributed by atoms with Gasteiger partial charge in [-0.1, -0.05) is 23.7 Å². The predicted molar refractivity (Wildman–Crippen MR) is 128 cm³/mol. The number of anilines is 1. The van der Waals surface area contributed by atoms with Crippen molar-refractivity contribution in [3.63, 3.8) is 0 Å². The highest BCUT2D eigenvalue weighted by atomic mass is 79.9. The first kappa shape index (κ1) is 22.9. The number of amides is 1. The summed E-state index contributed by atoms with van der Waals surface area (Å²) in [7, 11) is 0. The number of halogens is 3. The second-order valence-corrected chi connectivity index (χ2v) is 8.55. The van der Waals surface area contributed by atoms with Crippen molar-refractivity contribution in [2.75, 3.05) is 5.32 Å². The van der Waals surface area contributed by atoms with Crippen LogP contribution in [0, 0.1) is 11.3 Å². The molecule has 31 heavy (non-hydrogen) atoms. The van der Waals surface area contributed by atoms with Crippen LogP contribution in [0.1, 0.15) is 11.1 Å². The first-order valence-corrected chi connectivity index (χ1v) is 10.9. The summed E-state index contributed by atoms with van der Waals surface area (Å²) in [5.74, 6) is 0.118.